The van der Waals surface area contributed by atoms with Crippen molar-refractivity contribution in [1.82, 2.24) is 0 Å². The fraction of sp³-hybridized carbons (Fsp3) is 0.222. The van der Waals surface area contributed by atoms with Crippen molar-refractivity contribution in [2.24, 2.45) is 10.9 Å². The van der Waals surface area contributed by atoms with Crippen molar-refractivity contribution >= 4 is 27.5 Å². The van der Waals surface area contributed by atoms with Crippen molar-refractivity contribution in [1.29, 1.82) is 0 Å². The fourth-order valence-electron chi connectivity index (χ4n) is 1.13. The van der Waals surface area contributed by atoms with Gasteiger partial charge in [-0.25, -0.2) is 0 Å². The first-order chi connectivity index (χ1) is 7.84. The van der Waals surface area contributed by atoms with Crippen LogP contribution in [0, 0.1) is 0 Å². The zero-order valence-corrected chi connectivity index (χ0v) is 10.0. The second-order valence-electron chi connectivity index (χ2n) is 3.13. The van der Waals surface area contributed by atoms with Gasteiger partial charge in [-0.1, -0.05) is 21.1 Å². The molecule has 0 amide bonds. The van der Waals surface area contributed by atoms with E-state index in [0.717, 1.165) is 6.07 Å². The standard InChI is InChI=1S/C9H9BrF3N3O/c10-5-1-2-7(15-4-8(14)16-17)6(3-5)9(11,12)13/h1-3,15,17H,4H2,(H2,14,16). The third-order valence-electron chi connectivity index (χ3n) is 1.88. The van der Waals surface area contributed by atoms with Crippen molar-refractivity contribution < 1.29 is 18.4 Å². The molecule has 1 aromatic carbocycles. The highest BCUT2D eigenvalue weighted by atomic mass is 79.9. The Kier molecular flexibility index (Phi) is 4.22. The molecule has 0 spiro atoms. The molecule has 0 radical (unpaired) electrons. The highest BCUT2D eigenvalue weighted by Gasteiger charge is 2.33. The largest absolute Gasteiger partial charge is 0.418 e. The molecule has 8 heteroatoms. The first-order valence-electron chi connectivity index (χ1n) is 4.41. The summed E-state index contributed by atoms with van der Waals surface area (Å²) < 4.78 is 38.3. The Balaban J connectivity index is 2.99. The summed E-state index contributed by atoms with van der Waals surface area (Å²) in [5, 5.41) is 13.4. The molecule has 0 aliphatic heterocycles. The molecule has 0 aliphatic carbocycles. The van der Waals surface area contributed by atoms with E-state index in [1.165, 1.54) is 12.1 Å². The summed E-state index contributed by atoms with van der Waals surface area (Å²) in [5.41, 5.74) is 4.20. The minimum absolute atomic E-state index is 0.132. The molecular formula is C9H9BrF3N3O. The summed E-state index contributed by atoms with van der Waals surface area (Å²) in [4.78, 5) is 0. The van der Waals surface area contributed by atoms with Gasteiger partial charge in [0.1, 0.15) is 0 Å². The Hall–Kier alpha value is -1.44. The molecular weight excluding hydrogens is 303 g/mol. The smallest absolute Gasteiger partial charge is 0.409 e. The van der Waals surface area contributed by atoms with Gasteiger partial charge in [-0.3, -0.25) is 0 Å². The number of nitrogens with zero attached hydrogens (tertiary/aromatic N) is 1. The molecule has 0 unspecified atom stereocenters. The first kappa shape index (κ1) is 13.6. The lowest BCUT2D eigenvalue weighted by Crippen LogP contribution is -2.23. The van der Waals surface area contributed by atoms with Gasteiger partial charge in [0.2, 0.25) is 0 Å². The number of hydrogen-bond donors (Lipinski definition) is 3. The van der Waals surface area contributed by atoms with Crippen LogP contribution in [0.3, 0.4) is 0 Å². The molecule has 0 saturated carbocycles. The van der Waals surface area contributed by atoms with Gasteiger partial charge in [-0.2, -0.15) is 13.2 Å². The molecule has 0 bridgehead atoms. The van der Waals surface area contributed by atoms with Gasteiger partial charge >= 0.3 is 6.18 Å². The fourth-order valence-corrected chi connectivity index (χ4v) is 1.49. The van der Waals surface area contributed by atoms with Gasteiger partial charge in [0, 0.05) is 10.2 Å². The van der Waals surface area contributed by atoms with Crippen molar-refractivity contribution in [2.75, 3.05) is 11.9 Å². The van der Waals surface area contributed by atoms with Crippen LogP contribution in [-0.4, -0.2) is 17.6 Å². The maximum absolute atomic E-state index is 12.7. The van der Waals surface area contributed by atoms with E-state index >= 15 is 0 Å². The molecule has 0 aliphatic rings. The van der Waals surface area contributed by atoms with E-state index in [2.05, 4.69) is 26.4 Å². The maximum atomic E-state index is 12.7. The minimum Gasteiger partial charge on any atom is -0.409 e. The zero-order valence-electron chi connectivity index (χ0n) is 8.42. The molecule has 4 N–H and O–H groups in total. The SMILES string of the molecule is NC(CNc1ccc(Br)cc1C(F)(F)F)=NO. The number of nitrogens with two attached hydrogens (primary N) is 1. The van der Waals surface area contributed by atoms with Gasteiger partial charge in [0.25, 0.3) is 0 Å². The average Bonchev–Trinajstić information content (AvgIpc) is 2.25. The predicted molar refractivity (Wildman–Crippen MR) is 61.0 cm³/mol. The average molecular weight is 312 g/mol. The molecule has 17 heavy (non-hydrogen) atoms. The monoisotopic (exact) mass is 311 g/mol. The Morgan fingerprint density at radius 1 is 1.47 bits per heavy atom. The van der Waals surface area contributed by atoms with Crippen LogP contribution in [0.5, 0.6) is 0 Å². The topological polar surface area (TPSA) is 70.6 Å². The summed E-state index contributed by atoms with van der Waals surface area (Å²) in [7, 11) is 0. The van der Waals surface area contributed by atoms with Crippen LogP contribution < -0.4 is 11.1 Å². The number of benzene rings is 1. The van der Waals surface area contributed by atoms with Crippen LogP contribution in [-0.2, 0) is 6.18 Å². The number of oxime groups is 1. The van der Waals surface area contributed by atoms with Crippen molar-refractivity contribution in [3.05, 3.63) is 28.2 Å². The Morgan fingerprint density at radius 3 is 2.65 bits per heavy atom. The van der Waals surface area contributed by atoms with Crippen molar-refractivity contribution in [2.45, 2.75) is 6.18 Å². The second-order valence-corrected chi connectivity index (χ2v) is 4.05. The first-order valence-corrected chi connectivity index (χ1v) is 5.21. The molecule has 94 valence electrons. The van der Waals surface area contributed by atoms with Crippen LogP contribution in [0.2, 0.25) is 0 Å². The summed E-state index contributed by atoms with van der Waals surface area (Å²) in [6.45, 7) is -0.179. The number of alkyl halides is 3. The summed E-state index contributed by atoms with van der Waals surface area (Å²) in [6, 6.07) is 3.68. The van der Waals surface area contributed by atoms with Crippen LogP contribution in [0.1, 0.15) is 5.56 Å². The summed E-state index contributed by atoms with van der Waals surface area (Å²) in [6.07, 6.45) is -4.47. The highest BCUT2D eigenvalue weighted by molar-refractivity contribution is 9.10. The van der Waals surface area contributed by atoms with E-state index < -0.39 is 11.7 Å². The van der Waals surface area contributed by atoms with E-state index in [1.807, 2.05) is 0 Å². The third-order valence-corrected chi connectivity index (χ3v) is 2.37. The van der Waals surface area contributed by atoms with E-state index in [0.29, 0.717) is 4.47 Å². The van der Waals surface area contributed by atoms with Crippen molar-refractivity contribution in [3.8, 4) is 0 Å². The Labute approximate surface area is 103 Å². The lowest BCUT2D eigenvalue weighted by atomic mass is 10.1. The Bertz CT molecular complexity index is 434. The van der Waals surface area contributed by atoms with E-state index in [4.69, 9.17) is 10.9 Å². The lowest BCUT2D eigenvalue weighted by Gasteiger charge is -2.14. The second kappa shape index (κ2) is 5.26. The quantitative estimate of drug-likeness (QED) is 0.348. The van der Waals surface area contributed by atoms with E-state index in [1.54, 1.807) is 0 Å². The minimum atomic E-state index is -4.47. The zero-order chi connectivity index (χ0) is 13.1. The summed E-state index contributed by atoms with van der Waals surface area (Å²) in [5.74, 6) is -0.207. The van der Waals surface area contributed by atoms with Crippen LogP contribution in [0.4, 0.5) is 18.9 Å². The van der Waals surface area contributed by atoms with Crippen molar-refractivity contribution in [3.63, 3.8) is 0 Å². The molecule has 4 nitrogen and oxygen atoms in total. The number of anilines is 1. The maximum Gasteiger partial charge on any atom is 0.418 e. The highest BCUT2D eigenvalue weighted by Crippen LogP contribution is 2.36. The molecule has 1 aromatic rings. The lowest BCUT2D eigenvalue weighted by molar-refractivity contribution is -0.137. The van der Waals surface area contributed by atoms with Gasteiger partial charge in [0.15, 0.2) is 5.84 Å². The number of halogens is 4. The van der Waals surface area contributed by atoms with E-state index in [-0.39, 0.29) is 18.1 Å². The van der Waals surface area contributed by atoms with E-state index in [9.17, 15) is 13.2 Å². The molecule has 0 aromatic heterocycles. The molecule has 0 atom stereocenters. The normalized spacial score (nSPS) is 12.6. The number of nitrogens with one attached hydrogen (secondary N) is 1. The molecule has 0 heterocycles. The van der Waals surface area contributed by atoms with Gasteiger partial charge in [-0.15, -0.1) is 0 Å². The number of rotatable bonds is 3. The molecule has 1 rings (SSSR count). The Morgan fingerprint density at radius 2 is 2.12 bits per heavy atom. The number of hydrogen-bond acceptors (Lipinski definition) is 3. The van der Waals surface area contributed by atoms with Crippen LogP contribution >= 0.6 is 15.9 Å². The van der Waals surface area contributed by atoms with Gasteiger partial charge in [0.05, 0.1) is 12.1 Å². The predicted octanol–water partition coefficient (Wildman–Crippen LogP) is 2.63. The summed E-state index contributed by atoms with van der Waals surface area (Å²) >= 11 is 2.97. The third kappa shape index (κ3) is 3.81. The van der Waals surface area contributed by atoms with Gasteiger partial charge < -0.3 is 16.3 Å². The van der Waals surface area contributed by atoms with Crippen LogP contribution in [0.25, 0.3) is 0 Å². The van der Waals surface area contributed by atoms with Gasteiger partial charge in [-0.05, 0) is 18.2 Å². The molecule has 0 saturated heterocycles. The number of amidine groups is 1. The van der Waals surface area contributed by atoms with Crippen LogP contribution in [0.15, 0.2) is 27.8 Å². The molecule has 0 fully saturated rings.